The van der Waals surface area contributed by atoms with Gasteiger partial charge >= 0.3 is 12.4 Å². The Morgan fingerprint density at radius 3 is 2.12 bits per heavy atom. The molecule has 2 aromatic heterocycles. The Bertz CT molecular complexity index is 2040. The van der Waals surface area contributed by atoms with Crippen molar-refractivity contribution < 1.29 is 45.4 Å². The topological polar surface area (TPSA) is 80.1 Å². The summed E-state index contributed by atoms with van der Waals surface area (Å²) in [5, 5.41) is 0.781. The zero-order chi connectivity index (χ0) is 37.2. The van der Waals surface area contributed by atoms with Crippen molar-refractivity contribution in [2.24, 2.45) is 7.05 Å². The van der Waals surface area contributed by atoms with Crippen molar-refractivity contribution >= 4 is 28.4 Å². The first kappa shape index (κ1) is 36.2. The Morgan fingerprint density at radius 1 is 0.827 bits per heavy atom. The first-order valence-corrected chi connectivity index (χ1v) is 16.1. The number of piperazine rings is 1. The van der Waals surface area contributed by atoms with Crippen LogP contribution in [0.15, 0.2) is 91.1 Å². The van der Waals surface area contributed by atoms with E-state index in [9.17, 15) is 35.9 Å². The molecule has 1 aliphatic rings. The van der Waals surface area contributed by atoms with E-state index in [0.29, 0.717) is 49.9 Å². The van der Waals surface area contributed by atoms with E-state index >= 15 is 0 Å². The number of anilines is 1. The molecular weight excluding hydrogens is 692 g/mol. The van der Waals surface area contributed by atoms with Gasteiger partial charge in [-0.25, -0.2) is 4.98 Å². The van der Waals surface area contributed by atoms with Gasteiger partial charge in [0, 0.05) is 69.4 Å². The lowest BCUT2D eigenvalue weighted by atomic mass is 10.1. The lowest BCUT2D eigenvalue weighted by Gasteiger charge is -2.34. The number of ether oxygens (including phenoxy) is 2. The summed E-state index contributed by atoms with van der Waals surface area (Å²) in [7, 11) is 3.31. The lowest BCUT2D eigenvalue weighted by molar-refractivity contribution is -0.153. The van der Waals surface area contributed by atoms with Gasteiger partial charge in [-0.3, -0.25) is 14.5 Å². The molecule has 6 rings (SSSR count). The van der Waals surface area contributed by atoms with Crippen molar-refractivity contribution in [3.8, 4) is 17.4 Å². The highest BCUT2D eigenvalue weighted by atomic mass is 19.4. The van der Waals surface area contributed by atoms with E-state index in [4.69, 9.17) is 9.47 Å². The van der Waals surface area contributed by atoms with E-state index in [1.54, 1.807) is 47.4 Å². The summed E-state index contributed by atoms with van der Waals surface area (Å²) in [6, 6.07) is 20.8. The number of hydrogen-bond donors (Lipinski definition) is 0. The molecular formula is C37H33F6N5O4. The SMILES string of the molecule is CN(C(=O)c1ccc(C(F)(F)F)cc1)c1ccc(Oc2ccc3c(c2)cc(C(=O)N2CCN(Cc4ccc(OCC(F)(F)F)cc4)CC2)n3C)nc1. The third kappa shape index (κ3) is 8.48. The molecule has 1 saturated heterocycles. The van der Waals surface area contributed by atoms with Crippen LogP contribution in [0, 0.1) is 0 Å². The molecule has 0 atom stereocenters. The number of hydrogen-bond acceptors (Lipinski definition) is 6. The molecule has 0 N–H and O–H groups in total. The number of benzene rings is 3. The van der Waals surface area contributed by atoms with Crippen molar-refractivity contribution in [1.29, 1.82) is 0 Å². The molecule has 3 heterocycles. The normalized spacial score (nSPS) is 14.0. The minimum atomic E-state index is -4.50. The Hall–Kier alpha value is -5.57. The van der Waals surface area contributed by atoms with Gasteiger partial charge < -0.3 is 23.8 Å². The Labute approximate surface area is 294 Å². The third-order valence-corrected chi connectivity index (χ3v) is 8.72. The van der Waals surface area contributed by atoms with Gasteiger partial charge in [0.25, 0.3) is 11.8 Å². The van der Waals surface area contributed by atoms with Gasteiger partial charge in [-0.05, 0) is 72.3 Å². The van der Waals surface area contributed by atoms with Crippen LogP contribution < -0.4 is 14.4 Å². The van der Waals surface area contributed by atoms with Crippen LogP contribution in [0.2, 0.25) is 0 Å². The maximum Gasteiger partial charge on any atom is 0.422 e. The smallest absolute Gasteiger partial charge is 0.422 e. The Morgan fingerprint density at radius 2 is 1.50 bits per heavy atom. The largest absolute Gasteiger partial charge is 0.484 e. The number of carbonyl (C=O) groups is 2. The summed E-state index contributed by atoms with van der Waals surface area (Å²) < 4.78 is 88.4. The molecule has 2 amide bonds. The lowest BCUT2D eigenvalue weighted by Crippen LogP contribution is -2.48. The molecule has 272 valence electrons. The maximum atomic E-state index is 13.6. The number of carbonyl (C=O) groups excluding carboxylic acids is 2. The third-order valence-electron chi connectivity index (χ3n) is 8.72. The van der Waals surface area contributed by atoms with Crippen molar-refractivity contribution in [1.82, 2.24) is 19.4 Å². The summed E-state index contributed by atoms with van der Waals surface area (Å²) in [6.07, 6.45) is -7.48. The van der Waals surface area contributed by atoms with Gasteiger partial charge in [0.05, 0.1) is 17.4 Å². The quantitative estimate of drug-likeness (QED) is 0.146. The molecule has 9 nitrogen and oxygen atoms in total. The molecule has 0 saturated carbocycles. The van der Waals surface area contributed by atoms with Gasteiger partial charge in [0.2, 0.25) is 5.88 Å². The number of halogens is 6. The monoisotopic (exact) mass is 725 g/mol. The van der Waals surface area contributed by atoms with Crippen LogP contribution in [-0.4, -0.2) is 77.2 Å². The number of amides is 2. The van der Waals surface area contributed by atoms with Crippen molar-refractivity contribution in [3.05, 3.63) is 114 Å². The van der Waals surface area contributed by atoms with E-state index in [1.807, 2.05) is 17.7 Å². The summed E-state index contributed by atoms with van der Waals surface area (Å²) in [5.74, 6) is 0.252. The summed E-state index contributed by atoms with van der Waals surface area (Å²) >= 11 is 0. The fraction of sp³-hybridized carbons (Fsp3) is 0.270. The summed E-state index contributed by atoms with van der Waals surface area (Å²) in [6.45, 7) is 1.53. The molecule has 0 unspecified atom stereocenters. The molecule has 3 aromatic carbocycles. The molecule has 0 bridgehead atoms. The highest BCUT2D eigenvalue weighted by molar-refractivity contribution is 6.05. The van der Waals surface area contributed by atoms with Crippen LogP contribution in [0.1, 0.15) is 32.0 Å². The molecule has 5 aromatic rings. The molecule has 0 radical (unpaired) electrons. The number of nitrogens with zero attached hydrogens (tertiary/aromatic N) is 5. The molecule has 0 aliphatic carbocycles. The molecule has 1 aliphatic heterocycles. The van der Waals surface area contributed by atoms with Crippen molar-refractivity contribution in [2.75, 3.05) is 44.7 Å². The van der Waals surface area contributed by atoms with Crippen LogP contribution in [0.5, 0.6) is 17.4 Å². The first-order valence-electron chi connectivity index (χ1n) is 16.1. The zero-order valence-corrected chi connectivity index (χ0v) is 28.0. The van der Waals surface area contributed by atoms with Crippen LogP contribution >= 0.6 is 0 Å². The zero-order valence-electron chi connectivity index (χ0n) is 28.0. The standard InChI is InChI=1S/C37H33F6N5O4/c1-45(34(49)25-5-7-27(8-6-25)37(41,42)43)28-9-14-33(44-21-28)52-30-12-13-31-26(19-30)20-32(46(31)2)35(50)48-17-15-47(16-18-48)22-24-3-10-29(11-4-24)51-23-36(38,39)40/h3-14,19-21H,15-18,22-23H2,1-2H3. The van der Waals surface area contributed by atoms with E-state index < -0.39 is 30.4 Å². The van der Waals surface area contributed by atoms with Crippen LogP contribution in [0.4, 0.5) is 32.0 Å². The highest BCUT2D eigenvalue weighted by Crippen LogP contribution is 2.31. The number of fused-ring (bicyclic) bond motifs is 1. The fourth-order valence-corrected chi connectivity index (χ4v) is 5.85. The Kier molecular flexibility index (Phi) is 10.2. The first-order chi connectivity index (χ1) is 24.6. The molecule has 15 heteroatoms. The fourth-order valence-electron chi connectivity index (χ4n) is 5.85. The van der Waals surface area contributed by atoms with Crippen molar-refractivity contribution in [3.63, 3.8) is 0 Å². The predicted molar refractivity (Wildman–Crippen MR) is 181 cm³/mol. The second kappa shape index (κ2) is 14.6. The van der Waals surface area contributed by atoms with Gasteiger partial charge in [0.15, 0.2) is 6.61 Å². The number of alkyl halides is 6. The maximum absolute atomic E-state index is 13.6. The number of pyridine rings is 1. The summed E-state index contributed by atoms with van der Waals surface area (Å²) in [5.41, 5.74) is 1.92. The average Bonchev–Trinajstić information content (AvgIpc) is 3.45. The number of rotatable bonds is 9. The van der Waals surface area contributed by atoms with Crippen molar-refractivity contribution in [2.45, 2.75) is 18.9 Å². The molecule has 1 fully saturated rings. The highest BCUT2D eigenvalue weighted by Gasteiger charge is 2.31. The summed E-state index contributed by atoms with van der Waals surface area (Å²) in [4.78, 5) is 35.9. The second-order valence-electron chi connectivity index (χ2n) is 12.3. The van der Waals surface area contributed by atoms with E-state index in [-0.39, 0.29) is 23.1 Å². The van der Waals surface area contributed by atoms with Gasteiger partial charge in [-0.2, -0.15) is 26.3 Å². The van der Waals surface area contributed by atoms with Gasteiger partial charge in [0.1, 0.15) is 17.2 Å². The van der Waals surface area contributed by atoms with E-state index in [1.165, 1.54) is 30.3 Å². The van der Waals surface area contributed by atoms with Gasteiger partial charge in [-0.1, -0.05) is 12.1 Å². The Balaban J connectivity index is 1.04. The average molecular weight is 726 g/mol. The van der Waals surface area contributed by atoms with E-state index in [0.717, 1.165) is 40.7 Å². The van der Waals surface area contributed by atoms with E-state index in [2.05, 4.69) is 9.88 Å². The van der Waals surface area contributed by atoms with Crippen LogP contribution in [-0.2, 0) is 19.8 Å². The van der Waals surface area contributed by atoms with Gasteiger partial charge in [-0.15, -0.1) is 0 Å². The van der Waals surface area contributed by atoms with Crippen LogP contribution in [0.25, 0.3) is 10.9 Å². The minimum Gasteiger partial charge on any atom is -0.484 e. The number of aryl methyl sites for hydroxylation is 1. The molecule has 0 spiro atoms. The predicted octanol–water partition coefficient (Wildman–Crippen LogP) is 7.56. The number of aromatic nitrogens is 2. The second-order valence-corrected chi connectivity index (χ2v) is 12.3. The van der Waals surface area contributed by atoms with Crippen LogP contribution in [0.3, 0.4) is 0 Å². The minimum absolute atomic E-state index is 0.0928. The molecule has 52 heavy (non-hydrogen) atoms.